The zero-order chi connectivity index (χ0) is 11.8. The minimum Gasteiger partial charge on any atom is -0.354 e. The standard InChI is InChI=1S/C14H11FN2.ClH/c1-9-12-7-11(15)4-5-13(12)17-14(9)10-3-2-6-16-8-10;/h2-8,17H,1H3;1H. The van der Waals surface area contributed by atoms with Gasteiger partial charge >= 0.3 is 0 Å². The number of hydrogen-bond donors (Lipinski definition) is 1. The molecule has 0 spiro atoms. The summed E-state index contributed by atoms with van der Waals surface area (Å²) in [6.45, 7) is 1.99. The normalized spacial score (nSPS) is 10.3. The van der Waals surface area contributed by atoms with E-state index in [0.717, 1.165) is 27.7 Å². The molecule has 0 aliphatic carbocycles. The van der Waals surface area contributed by atoms with E-state index in [-0.39, 0.29) is 18.2 Å². The first kappa shape index (κ1) is 12.6. The van der Waals surface area contributed by atoms with Gasteiger partial charge in [0.2, 0.25) is 0 Å². The van der Waals surface area contributed by atoms with E-state index in [1.807, 2.05) is 19.1 Å². The van der Waals surface area contributed by atoms with E-state index in [4.69, 9.17) is 0 Å². The molecule has 0 aliphatic rings. The van der Waals surface area contributed by atoms with Gasteiger partial charge in [-0.25, -0.2) is 4.39 Å². The van der Waals surface area contributed by atoms with Gasteiger partial charge in [0.05, 0.1) is 5.69 Å². The van der Waals surface area contributed by atoms with Gasteiger partial charge in [-0.05, 0) is 42.8 Å². The number of nitrogens with zero attached hydrogens (tertiary/aromatic N) is 1. The fourth-order valence-corrected chi connectivity index (χ4v) is 2.10. The van der Waals surface area contributed by atoms with Crippen molar-refractivity contribution >= 4 is 23.3 Å². The van der Waals surface area contributed by atoms with Gasteiger partial charge in [-0.2, -0.15) is 0 Å². The van der Waals surface area contributed by atoms with Crippen molar-refractivity contribution < 1.29 is 4.39 Å². The Labute approximate surface area is 110 Å². The Balaban J connectivity index is 0.00000120. The highest BCUT2D eigenvalue weighted by Gasteiger charge is 2.09. The lowest BCUT2D eigenvalue weighted by atomic mass is 10.1. The highest BCUT2D eigenvalue weighted by molar-refractivity contribution is 5.90. The molecule has 18 heavy (non-hydrogen) atoms. The quantitative estimate of drug-likeness (QED) is 0.703. The van der Waals surface area contributed by atoms with Crippen LogP contribution < -0.4 is 0 Å². The number of nitrogens with one attached hydrogen (secondary N) is 1. The predicted octanol–water partition coefficient (Wildman–Crippen LogP) is 4.10. The molecule has 3 rings (SSSR count). The molecule has 4 heteroatoms. The van der Waals surface area contributed by atoms with Crippen molar-refractivity contribution in [2.24, 2.45) is 0 Å². The maximum Gasteiger partial charge on any atom is 0.123 e. The second-order valence-electron chi connectivity index (χ2n) is 4.06. The molecule has 2 aromatic heterocycles. The number of aryl methyl sites for hydroxylation is 1. The van der Waals surface area contributed by atoms with E-state index >= 15 is 0 Å². The maximum absolute atomic E-state index is 13.2. The first-order chi connectivity index (χ1) is 8.25. The fourth-order valence-electron chi connectivity index (χ4n) is 2.10. The van der Waals surface area contributed by atoms with Crippen molar-refractivity contribution in [3.05, 3.63) is 54.1 Å². The summed E-state index contributed by atoms with van der Waals surface area (Å²) >= 11 is 0. The number of aromatic amines is 1. The van der Waals surface area contributed by atoms with Crippen LogP contribution in [0.25, 0.3) is 22.2 Å². The number of H-pyrrole nitrogens is 1. The molecule has 0 fully saturated rings. The third-order valence-corrected chi connectivity index (χ3v) is 2.97. The van der Waals surface area contributed by atoms with Gasteiger partial charge in [0, 0.05) is 28.9 Å². The molecule has 0 atom stereocenters. The van der Waals surface area contributed by atoms with Crippen LogP contribution in [0.15, 0.2) is 42.7 Å². The Morgan fingerprint density at radius 3 is 2.78 bits per heavy atom. The number of pyridine rings is 1. The summed E-state index contributed by atoms with van der Waals surface area (Å²) in [6, 6.07) is 8.66. The third kappa shape index (κ3) is 1.97. The molecular weight excluding hydrogens is 251 g/mol. The van der Waals surface area contributed by atoms with Crippen LogP contribution in [0.4, 0.5) is 4.39 Å². The second-order valence-corrected chi connectivity index (χ2v) is 4.06. The highest BCUT2D eigenvalue weighted by atomic mass is 35.5. The van der Waals surface area contributed by atoms with E-state index in [0.29, 0.717) is 0 Å². The Hall–Kier alpha value is -1.87. The van der Waals surface area contributed by atoms with E-state index in [9.17, 15) is 4.39 Å². The van der Waals surface area contributed by atoms with E-state index in [1.165, 1.54) is 6.07 Å². The number of rotatable bonds is 1. The van der Waals surface area contributed by atoms with Crippen molar-refractivity contribution in [2.75, 3.05) is 0 Å². The van der Waals surface area contributed by atoms with E-state index in [1.54, 1.807) is 24.5 Å². The molecule has 0 unspecified atom stereocenters. The first-order valence-electron chi connectivity index (χ1n) is 5.44. The van der Waals surface area contributed by atoms with E-state index < -0.39 is 0 Å². The van der Waals surface area contributed by atoms with Crippen molar-refractivity contribution in [2.45, 2.75) is 6.92 Å². The smallest absolute Gasteiger partial charge is 0.123 e. The lowest BCUT2D eigenvalue weighted by Crippen LogP contribution is -1.81. The Bertz CT molecular complexity index is 677. The van der Waals surface area contributed by atoms with Gasteiger partial charge in [0.15, 0.2) is 0 Å². The van der Waals surface area contributed by atoms with Gasteiger partial charge in [-0.1, -0.05) is 0 Å². The summed E-state index contributed by atoms with van der Waals surface area (Å²) < 4.78 is 13.2. The van der Waals surface area contributed by atoms with Crippen LogP contribution in [0.5, 0.6) is 0 Å². The zero-order valence-corrected chi connectivity index (χ0v) is 10.6. The number of benzene rings is 1. The highest BCUT2D eigenvalue weighted by Crippen LogP contribution is 2.29. The van der Waals surface area contributed by atoms with Crippen molar-refractivity contribution in [3.8, 4) is 11.3 Å². The summed E-state index contributed by atoms with van der Waals surface area (Å²) in [5.74, 6) is -0.211. The van der Waals surface area contributed by atoms with Crippen LogP contribution in [-0.4, -0.2) is 9.97 Å². The summed E-state index contributed by atoms with van der Waals surface area (Å²) in [5, 5.41) is 0.920. The SMILES string of the molecule is Cc1c(-c2cccnc2)[nH]c2ccc(F)cc12.Cl. The van der Waals surface area contributed by atoms with E-state index in [2.05, 4.69) is 9.97 Å². The molecule has 0 saturated heterocycles. The second kappa shape index (κ2) is 4.78. The minimum atomic E-state index is -0.211. The van der Waals surface area contributed by atoms with Crippen LogP contribution in [0.1, 0.15) is 5.56 Å². The molecule has 0 saturated carbocycles. The van der Waals surface area contributed by atoms with Gasteiger partial charge in [0.1, 0.15) is 5.82 Å². The lowest BCUT2D eigenvalue weighted by Gasteiger charge is -1.98. The molecule has 2 heterocycles. The average Bonchev–Trinajstić information content (AvgIpc) is 2.68. The van der Waals surface area contributed by atoms with Crippen LogP contribution in [0.3, 0.4) is 0 Å². The molecule has 92 valence electrons. The molecular formula is C14H12ClFN2. The Kier molecular flexibility index (Phi) is 3.34. The van der Waals surface area contributed by atoms with Crippen molar-refractivity contribution in [1.29, 1.82) is 0 Å². The Morgan fingerprint density at radius 1 is 1.22 bits per heavy atom. The molecule has 1 aromatic carbocycles. The molecule has 0 aliphatic heterocycles. The minimum absolute atomic E-state index is 0. The molecule has 0 radical (unpaired) electrons. The fraction of sp³-hybridized carbons (Fsp3) is 0.0714. The lowest BCUT2D eigenvalue weighted by molar-refractivity contribution is 0.629. The molecule has 0 amide bonds. The van der Waals surface area contributed by atoms with Crippen LogP contribution in [-0.2, 0) is 0 Å². The zero-order valence-electron chi connectivity index (χ0n) is 9.77. The first-order valence-corrected chi connectivity index (χ1v) is 5.44. The summed E-state index contributed by atoms with van der Waals surface area (Å²) in [4.78, 5) is 7.40. The van der Waals surface area contributed by atoms with Gasteiger partial charge < -0.3 is 4.98 Å². The topological polar surface area (TPSA) is 28.7 Å². The van der Waals surface area contributed by atoms with Crippen LogP contribution >= 0.6 is 12.4 Å². The van der Waals surface area contributed by atoms with Crippen LogP contribution in [0.2, 0.25) is 0 Å². The Morgan fingerprint density at radius 2 is 2.06 bits per heavy atom. The average molecular weight is 263 g/mol. The predicted molar refractivity (Wildman–Crippen MR) is 73.5 cm³/mol. The summed E-state index contributed by atoms with van der Waals surface area (Å²) in [5.41, 5.74) is 4.01. The number of halogens is 2. The van der Waals surface area contributed by atoms with Crippen molar-refractivity contribution in [1.82, 2.24) is 9.97 Å². The van der Waals surface area contributed by atoms with Crippen molar-refractivity contribution in [3.63, 3.8) is 0 Å². The number of fused-ring (bicyclic) bond motifs is 1. The molecule has 1 N–H and O–H groups in total. The van der Waals surface area contributed by atoms with Gasteiger partial charge in [-0.3, -0.25) is 4.98 Å². The molecule has 0 bridgehead atoms. The third-order valence-electron chi connectivity index (χ3n) is 2.97. The monoisotopic (exact) mass is 262 g/mol. The number of aromatic nitrogens is 2. The largest absolute Gasteiger partial charge is 0.354 e. The number of hydrogen-bond acceptors (Lipinski definition) is 1. The maximum atomic E-state index is 13.2. The summed E-state index contributed by atoms with van der Waals surface area (Å²) in [7, 11) is 0. The van der Waals surface area contributed by atoms with Gasteiger partial charge in [0.25, 0.3) is 0 Å². The van der Waals surface area contributed by atoms with Crippen LogP contribution in [0, 0.1) is 12.7 Å². The molecule has 2 nitrogen and oxygen atoms in total. The molecule has 3 aromatic rings. The summed E-state index contributed by atoms with van der Waals surface area (Å²) in [6.07, 6.45) is 3.54. The van der Waals surface area contributed by atoms with Gasteiger partial charge in [-0.15, -0.1) is 12.4 Å².